The Hall–Kier alpha value is -0.120. The summed E-state index contributed by atoms with van der Waals surface area (Å²) in [6.07, 6.45) is 2.52. The summed E-state index contributed by atoms with van der Waals surface area (Å²) < 4.78 is 10.1. The van der Waals surface area contributed by atoms with E-state index in [1.165, 1.54) is 0 Å². The summed E-state index contributed by atoms with van der Waals surface area (Å²) in [7, 11) is 1.65. The first-order valence-electron chi connectivity index (χ1n) is 5.45. The third-order valence-electron chi connectivity index (χ3n) is 2.40. The molecule has 0 aromatic carbocycles. The summed E-state index contributed by atoms with van der Waals surface area (Å²) in [5, 5.41) is 9.60. The van der Waals surface area contributed by atoms with Crippen molar-refractivity contribution >= 4 is 0 Å². The van der Waals surface area contributed by atoms with Crippen molar-refractivity contribution in [2.45, 2.75) is 39.2 Å². The van der Waals surface area contributed by atoms with Gasteiger partial charge in [-0.3, -0.25) is 0 Å². The molecule has 0 aliphatic heterocycles. The Labute approximate surface area is 87.4 Å². The van der Waals surface area contributed by atoms with Crippen molar-refractivity contribution in [1.82, 2.24) is 0 Å². The zero-order valence-corrected chi connectivity index (χ0v) is 9.66. The van der Waals surface area contributed by atoms with Crippen LogP contribution in [-0.2, 0) is 9.47 Å². The SMILES string of the molecule is CCC(C)CC(O)CCOCCOC. The highest BCUT2D eigenvalue weighted by molar-refractivity contribution is 4.60. The summed E-state index contributed by atoms with van der Waals surface area (Å²) in [5.74, 6) is 0.601. The van der Waals surface area contributed by atoms with Crippen LogP contribution >= 0.6 is 0 Å². The fourth-order valence-corrected chi connectivity index (χ4v) is 1.21. The second-order valence-corrected chi connectivity index (χ2v) is 3.80. The highest BCUT2D eigenvalue weighted by Crippen LogP contribution is 2.11. The van der Waals surface area contributed by atoms with Gasteiger partial charge in [0.15, 0.2) is 0 Å². The van der Waals surface area contributed by atoms with Crippen molar-refractivity contribution in [3.8, 4) is 0 Å². The molecular formula is C11H24O3. The normalized spacial score (nSPS) is 15.4. The van der Waals surface area contributed by atoms with E-state index in [1.807, 2.05) is 0 Å². The van der Waals surface area contributed by atoms with Crippen molar-refractivity contribution in [1.29, 1.82) is 0 Å². The van der Waals surface area contributed by atoms with Gasteiger partial charge in [0.1, 0.15) is 0 Å². The quantitative estimate of drug-likeness (QED) is 0.582. The van der Waals surface area contributed by atoms with E-state index in [0.717, 1.165) is 19.3 Å². The minimum Gasteiger partial charge on any atom is -0.393 e. The van der Waals surface area contributed by atoms with Crippen LogP contribution in [0.25, 0.3) is 0 Å². The lowest BCUT2D eigenvalue weighted by Crippen LogP contribution is -2.15. The van der Waals surface area contributed by atoms with Crippen LogP contribution in [0.15, 0.2) is 0 Å². The molecule has 3 nitrogen and oxygen atoms in total. The second kappa shape index (κ2) is 9.44. The summed E-state index contributed by atoms with van der Waals surface area (Å²) in [6.45, 7) is 6.18. The second-order valence-electron chi connectivity index (χ2n) is 3.80. The summed E-state index contributed by atoms with van der Waals surface area (Å²) in [6, 6.07) is 0. The maximum atomic E-state index is 9.60. The first kappa shape index (κ1) is 13.9. The lowest BCUT2D eigenvalue weighted by atomic mass is 10.00. The van der Waals surface area contributed by atoms with Gasteiger partial charge in [-0.15, -0.1) is 0 Å². The van der Waals surface area contributed by atoms with Gasteiger partial charge in [0.05, 0.1) is 19.3 Å². The average Bonchev–Trinajstić information content (AvgIpc) is 2.17. The Morgan fingerprint density at radius 1 is 1.21 bits per heavy atom. The fraction of sp³-hybridized carbons (Fsp3) is 1.00. The smallest absolute Gasteiger partial charge is 0.0700 e. The van der Waals surface area contributed by atoms with E-state index in [0.29, 0.717) is 25.7 Å². The van der Waals surface area contributed by atoms with Gasteiger partial charge in [0.25, 0.3) is 0 Å². The molecule has 0 aromatic rings. The zero-order chi connectivity index (χ0) is 10.8. The molecule has 0 fully saturated rings. The number of aliphatic hydroxyl groups is 1. The zero-order valence-electron chi connectivity index (χ0n) is 9.66. The van der Waals surface area contributed by atoms with Gasteiger partial charge in [-0.25, -0.2) is 0 Å². The Morgan fingerprint density at radius 3 is 2.50 bits per heavy atom. The first-order chi connectivity index (χ1) is 6.70. The average molecular weight is 204 g/mol. The van der Waals surface area contributed by atoms with Gasteiger partial charge in [0.2, 0.25) is 0 Å². The molecule has 0 rings (SSSR count). The molecule has 0 aliphatic rings. The maximum absolute atomic E-state index is 9.60. The molecule has 3 heteroatoms. The van der Waals surface area contributed by atoms with Crippen LogP contribution in [0.4, 0.5) is 0 Å². The summed E-state index contributed by atoms with van der Waals surface area (Å²) in [5.41, 5.74) is 0. The largest absolute Gasteiger partial charge is 0.393 e. The topological polar surface area (TPSA) is 38.7 Å². The van der Waals surface area contributed by atoms with Gasteiger partial charge in [-0.1, -0.05) is 20.3 Å². The van der Waals surface area contributed by atoms with Crippen LogP contribution in [0.2, 0.25) is 0 Å². The Morgan fingerprint density at radius 2 is 1.93 bits per heavy atom. The van der Waals surface area contributed by atoms with Crippen molar-refractivity contribution in [2.75, 3.05) is 26.9 Å². The van der Waals surface area contributed by atoms with Crippen molar-refractivity contribution in [2.24, 2.45) is 5.92 Å². The number of hydrogen-bond donors (Lipinski definition) is 1. The first-order valence-corrected chi connectivity index (χ1v) is 5.45. The maximum Gasteiger partial charge on any atom is 0.0700 e. The lowest BCUT2D eigenvalue weighted by molar-refractivity contribution is 0.0424. The Balaban J connectivity index is 3.22. The highest BCUT2D eigenvalue weighted by Gasteiger charge is 2.08. The molecule has 1 N–H and O–H groups in total. The van der Waals surface area contributed by atoms with Gasteiger partial charge >= 0.3 is 0 Å². The lowest BCUT2D eigenvalue weighted by Gasteiger charge is -2.14. The van der Waals surface area contributed by atoms with Crippen LogP contribution in [-0.4, -0.2) is 38.1 Å². The van der Waals surface area contributed by atoms with Crippen LogP contribution in [0.5, 0.6) is 0 Å². The Bertz CT molecular complexity index is 117. The number of aliphatic hydroxyl groups excluding tert-OH is 1. The molecular weight excluding hydrogens is 180 g/mol. The molecule has 2 unspecified atom stereocenters. The minimum absolute atomic E-state index is 0.215. The van der Waals surface area contributed by atoms with Crippen LogP contribution < -0.4 is 0 Å². The van der Waals surface area contributed by atoms with Gasteiger partial charge < -0.3 is 14.6 Å². The van der Waals surface area contributed by atoms with Crippen LogP contribution in [0, 0.1) is 5.92 Å². The number of rotatable bonds is 9. The minimum atomic E-state index is -0.215. The van der Waals surface area contributed by atoms with E-state index in [1.54, 1.807) is 7.11 Å². The summed E-state index contributed by atoms with van der Waals surface area (Å²) in [4.78, 5) is 0. The van der Waals surface area contributed by atoms with Crippen LogP contribution in [0.1, 0.15) is 33.1 Å². The van der Waals surface area contributed by atoms with Crippen LogP contribution in [0.3, 0.4) is 0 Å². The molecule has 2 atom stereocenters. The van der Waals surface area contributed by atoms with Crippen molar-refractivity contribution in [3.05, 3.63) is 0 Å². The number of hydrogen-bond acceptors (Lipinski definition) is 3. The molecule has 0 spiro atoms. The third kappa shape index (κ3) is 8.48. The Kier molecular flexibility index (Phi) is 9.35. The van der Waals surface area contributed by atoms with Crippen molar-refractivity contribution in [3.63, 3.8) is 0 Å². The molecule has 0 aliphatic carbocycles. The number of ether oxygens (including phenoxy) is 2. The summed E-state index contributed by atoms with van der Waals surface area (Å²) >= 11 is 0. The monoisotopic (exact) mass is 204 g/mol. The fourth-order valence-electron chi connectivity index (χ4n) is 1.21. The van der Waals surface area contributed by atoms with E-state index >= 15 is 0 Å². The molecule has 0 saturated carbocycles. The third-order valence-corrected chi connectivity index (χ3v) is 2.40. The predicted octanol–water partition coefficient (Wildman–Crippen LogP) is 1.84. The molecule has 0 aromatic heterocycles. The molecule has 86 valence electrons. The van der Waals surface area contributed by atoms with E-state index in [2.05, 4.69) is 13.8 Å². The molecule has 0 saturated heterocycles. The number of methoxy groups -OCH3 is 1. The standard InChI is InChI=1S/C11H24O3/c1-4-10(2)9-11(12)5-6-14-8-7-13-3/h10-12H,4-9H2,1-3H3. The molecule has 0 heterocycles. The van der Waals surface area contributed by atoms with Gasteiger partial charge in [-0.2, -0.15) is 0 Å². The molecule has 14 heavy (non-hydrogen) atoms. The van der Waals surface area contributed by atoms with Gasteiger partial charge in [-0.05, 0) is 18.8 Å². The van der Waals surface area contributed by atoms with E-state index in [4.69, 9.17) is 9.47 Å². The van der Waals surface area contributed by atoms with E-state index in [9.17, 15) is 5.11 Å². The molecule has 0 amide bonds. The van der Waals surface area contributed by atoms with Crippen molar-refractivity contribution < 1.29 is 14.6 Å². The predicted molar refractivity (Wildman–Crippen MR) is 57.4 cm³/mol. The van der Waals surface area contributed by atoms with Gasteiger partial charge in [0, 0.05) is 13.7 Å². The highest BCUT2D eigenvalue weighted by atomic mass is 16.5. The molecule has 0 radical (unpaired) electrons. The molecule has 0 bridgehead atoms. The van der Waals surface area contributed by atoms with E-state index in [-0.39, 0.29) is 6.10 Å². The van der Waals surface area contributed by atoms with E-state index < -0.39 is 0 Å².